The molecule has 0 bridgehead atoms. The van der Waals surface area contributed by atoms with Crippen molar-refractivity contribution in [2.45, 2.75) is 37.8 Å². The quantitative estimate of drug-likeness (QED) is 0.850. The molecule has 0 unspecified atom stereocenters. The standard InChI is InChI=1S/C14H20N6OS/c1-8-12(9(2)20(4)18-8)15-11(21)7-22-14-17-16-13(19(14)3)10-5-6-10/h10H,5-7H2,1-4H3,(H,15,21). The molecule has 8 heteroatoms. The highest BCUT2D eigenvalue weighted by Crippen LogP contribution is 2.39. The van der Waals surface area contributed by atoms with Crippen LogP contribution in [0.4, 0.5) is 5.69 Å². The number of nitrogens with zero attached hydrogens (tertiary/aromatic N) is 5. The van der Waals surface area contributed by atoms with Gasteiger partial charge >= 0.3 is 0 Å². The summed E-state index contributed by atoms with van der Waals surface area (Å²) in [6.07, 6.45) is 2.38. The van der Waals surface area contributed by atoms with Crippen LogP contribution in [-0.2, 0) is 18.9 Å². The first kappa shape index (κ1) is 15.1. The second-order valence-electron chi connectivity index (χ2n) is 5.68. The van der Waals surface area contributed by atoms with Gasteiger partial charge in [-0.05, 0) is 26.7 Å². The van der Waals surface area contributed by atoms with Crippen molar-refractivity contribution in [1.29, 1.82) is 0 Å². The number of aromatic nitrogens is 5. The normalized spacial score (nSPS) is 14.4. The maximum Gasteiger partial charge on any atom is 0.234 e. The van der Waals surface area contributed by atoms with Crippen LogP contribution in [0.3, 0.4) is 0 Å². The molecule has 0 aliphatic heterocycles. The first-order chi connectivity index (χ1) is 10.5. The molecule has 0 aromatic carbocycles. The van der Waals surface area contributed by atoms with Gasteiger partial charge in [-0.1, -0.05) is 11.8 Å². The summed E-state index contributed by atoms with van der Waals surface area (Å²) in [6.45, 7) is 3.83. The van der Waals surface area contributed by atoms with Gasteiger partial charge in [-0.2, -0.15) is 5.10 Å². The zero-order valence-electron chi connectivity index (χ0n) is 13.3. The van der Waals surface area contributed by atoms with E-state index in [-0.39, 0.29) is 5.91 Å². The lowest BCUT2D eigenvalue weighted by molar-refractivity contribution is -0.113. The van der Waals surface area contributed by atoms with E-state index in [9.17, 15) is 4.79 Å². The van der Waals surface area contributed by atoms with Crippen LogP contribution in [0, 0.1) is 13.8 Å². The molecule has 1 aliphatic carbocycles. The molecule has 0 spiro atoms. The Kier molecular flexibility index (Phi) is 3.94. The predicted octanol–water partition coefficient (Wildman–Crippen LogP) is 1.77. The van der Waals surface area contributed by atoms with Gasteiger partial charge in [-0.15, -0.1) is 10.2 Å². The Hall–Kier alpha value is -1.83. The summed E-state index contributed by atoms with van der Waals surface area (Å²) >= 11 is 1.41. The highest BCUT2D eigenvalue weighted by atomic mass is 32.2. The van der Waals surface area contributed by atoms with E-state index in [4.69, 9.17) is 0 Å². The average molecular weight is 320 g/mol. The van der Waals surface area contributed by atoms with E-state index in [2.05, 4.69) is 20.6 Å². The molecule has 1 fully saturated rings. The van der Waals surface area contributed by atoms with Crippen molar-refractivity contribution in [3.05, 3.63) is 17.2 Å². The third-order valence-corrected chi connectivity index (χ3v) is 4.94. The van der Waals surface area contributed by atoms with Crippen LogP contribution < -0.4 is 5.32 Å². The molecule has 1 saturated carbocycles. The van der Waals surface area contributed by atoms with Gasteiger partial charge in [-0.25, -0.2) is 0 Å². The van der Waals surface area contributed by atoms with Crippen molar-refractivity contribution in [2.75, 3.05) is 11.1 Å². The number of hydrogen-bond acceptors (Lipinski definition) is 5. The Morgan fingerprint density at radius 1 is 1.32 bits per heavy atom. The molecular weight excluding hydrogens is 300 g/mol. The third kappa shape index (κ3) is 2.87. The Morgan fingerprint density at radius 2 is 2.05 bits per heavy atom. The van der Waals surface area contributed by atoms with E-state index in [0.29, 0.717) is 11.7 Å². The summed E-state index contributed by atoms with van der Waals surface area (Å²) in [4.78, 5) is 12.1. The molecule has 2 heterocycles. The molecule has 1 aliphatic rings. The topological polar surface area (TPSA) is 77.6 Å². The van der Waals surface area contributed by atoms with Gasteiger partial charge in [0.1, 0.15) is 5.82 Å². The van der Waals surface area contributed by atoms with Crippen molar-refractivity contribution in [1.82, 2.24) is 24.5 Å². The maximum atomic E-state index is 12.1. The second-order valence-corrected chi connectivity index (χ2v) is 6.62. The van der Waals surface area contributed by atoms with E-state index in [1.165, 1.54) is 24.6 Å². The first-order valence-electron chi connectivity index (χ1n) is 7.29. The lowest BCUT2D eigenvalue weighted by atomic mass is 10.3. The van der Waals surface area contributed by atoms with Gasteiger partial charge in [0.25, 0.3) is 0 Å². The summed E-state index contributed by atoms with van der Waals surface area (Å²) in [7, 11) is 3.83. The fourth-order valence-corrected chi connectivity index (χ4v) is 3.13. The number of rotatable bonds is 5. The van der Waals surface area contributed by atoms with E-state index in [0.717, 1.165) is 28.1 Å². The number of nitrogens with one attached hydrogen (secondary N) is 1. The molecule has 2 aromatic rings. The van der Waals surface area contributed by atoms with Crippen molar-refractivity contribution in [2.24, 2.45) is 14.1 Å². The predicted molar refractivity (Wildman–Crippen MR) is 85.0 cm³/mol. The van der Waals surface area contributed by atoms with Crippen molar-refractivity contribution < 1.29 is 4.79 Å². The fraction of sp³-hybridized carbons (Fsp3) is 0.571. The van der Waals surface area contributed by atoms with E-state index >= 15 is 0 Å². The van der Waals surface area contributed by atoms with Crippen LogP contribution >= 0.6 is 11.8 Å². The number of carbonyl (C=O) groups is 1. The number of hydrogen-bond donors (Lipinski definition) is 1. The number of amides is 1. The minimum Gasteiger partial charge on any atom is -0.322 e. The minimum atomic E-state index is -0.0554. The summed E-state index contributed by atoms with van der Waals surface area (Å²) < 4.78 is 3.76. The molecule has 2 aromatic heterocycles. The fourth-order valence-electron chi connectivity index (χ4n) is 2.41. The van der Waals surface area contributed by atoms with Gasteiger partial charge in [0.2, 0.25) is 5.91 Å². The second kappa shape index (κ2) is 5.75. The molecule has 0 atom stereocenters. The largest absolute Gasteiger partial charge is 0.322 e. The van der Waals surface area contributed by atoms with E-state index in [1.807, 2.05) is 32.5 Å². The van der Waals surface area contributed by atoms with Crippen LogP contribution in [0.25, 0.3) is 0 Å². The van der Waals surface area contributed by atoms with Crippen LogP contribution in [0.15, 0.2) is 5.16 Å². The van der Waals surface area contributed by atoms with Crippen LogP contribution in [0.5, 0.6) is 0 Å². The highest BCUT2D eigenvalue weighted by molar-refractivity contribution is 7.99. The van der Waals surface area contributed by atoms with Crippen LogP contribution in [0.1, 0.15) is 36.0 Å². The minimum absolute atomic E-state index is 0.0554. The number of thioether (sulfide) groups is 1. The van der Waals surface area contributed by atoms with Gasteiger partial charge in [0, 0.05) is 20.0 Å². The van der Waals surface area contributed by atoms with Crippen molar-refractivity contribution >= 4 is 23.4 Å². The molecule has 118 valence electrons. The third-order valence-electron chi connectivity index (χ3n) is 3.92. The van der Waals surface area contributed by atoms with E-state index in [1.54, 1.807) is 4.68 Å². The molecule has 22 heavy (non-hydrogen) atoms. The summed E-state index contributed by atoms with van der Waals surface area (Å²) in [5.74, 6) is 1.84. The van der Waals surface area contributed by atoms with Gasteiger partial charge < -0.3 is 9.88 Å². The molecule has 0 saturated heterocycles. The summed E-state index contributed by atoms with van der Waals surface area (Å²) in [6, 6.07) is 0. The molecule has 7 nitrogen and oxygen atoms in total. The Morgan fingerprint density at radius 3 is 2.64 bits per heavy atom. The van der Waals surface area contributed by atoms with Crippen molar-refractivity contribution in [3.63, 3.8) is 0 Å². The van der Waals surface area contributed by atoms with Gasteiger partial charge in [0.15, 0.2) is 5.16 Å². The highest BCUT2D eigenvalue weighted by Gasteiger charge is 2.29. The zero-order valence-corrected chi connectivity index (χ0v) is 14.1. The summed E-state index contributed by atoms with van der Waals surface area (Å²) in [5.41, 5.74) is 2.57. The molecule has 3 rings (SSSR count). The average Bonchev–Trinajstić information content (AvgIpc) is 3.21. The van der Waals surface area contributed by atoms with Crippen molar-refractivity contribution in [3.8, 4) is 0 Å². The molecule has 1 N–H and O–H groups in total. The van der Waals surface area contributed by atoms with Crippen LogP contribution in [-0.4, -0.2) is 36.2 Å². The molecule has 0 radical (unpaired) electrons. The molecular formula is C14H20N6OS. The molecule has 1 amide bonds. The van der Waals surface area contributed by atoms with E-state index < -0.39 is 0 Å². The lowest BCUT2D eigenvalue weighted by Gasteiger charge is -2.06. The lowest BCUT2D eigenvalue weighted by Crippen LogP contribution is -2.15. The maximum absolute atomic E-state index is 12.1. The number of aryl methyl sites for hydroxylation is 2. The first-order valence-corrected chi connectivity index (χ1v) is 8.28. The Balaban J connectivity index is 1.60. The van der Waals surface area contributed by atoms with Gasteiger partial charge in [-0.3, -0.25) is 9.48 Å². The smallest absolute Gasteiger partial charge is 0.234 e. The Labute approximate surface area is 133 Å². The van der Waals surface area contributed by atoms with Crippen LogP contribution in [0.2, 0.25) is 0 Å². The zero-order chi connectivity index (χ0) is 15.9. The summed E-state index contributed by atoms with van der Waals surface area (Å²) in [5, 5.41) is 16.4. The monoisotopic (exact) mass is 320 g/mol. The van der Waals surface area contributed by atoms with Gasteiger partial charge in [0.05, 0.1) is 22.8 Å². The SMILES string of the molecule is Cc1nn(C)c(C)c1NC(=O)CSc1nnc(C2CC2)n1C. The number of carbonyl (C=O) groups excluding carboxylic acids is 1. The Bertz CT molecular complexity index is 715. The number of anilines is 1.